The Balaban J connectivity index is 2.45. The number of nitrogens with one attached hydrogen (secondary N) is 1. The molecule has 0 spiro atoms. The van der Waals surface area contributed by atoms with E-state index in [1.165, 1.54) is 6.42 Å². The molecule has 0 aromatic rings. The predicted octanol–water partition coefficient (Wildman–Crippen LogP) is 1.71. The van der Waals surface area contributed by atoms with Crippen molar-refractivity contribution in [2.24, 2.45) is 11.3 Å². The molecule has 2 atom stereocenters. The number of carbonyl (C=O) groups excluding carboxylic acids is 1. The van der Waals surface area contributed by atoms with Crippen molar-refractivity contribution >= 4 is 5.91 Å². The van der Waals surface area contributed by atoms with Gasteiger partial charge in [0.1, 0.15) is 0 Å². The quantitative estimate of drug-likeness (QED) is 0.491. The van der Waals surface area contributed by atoms with Gasteiger partial charge >= 0.3 is 0 Å². The summed E-state index contributed by atoms with van der Waals surface area (Å²) in [6.07, 6.45) is 3.85. The lowest BCUT2D eigenvalue weighted by Crippen LogP contribution is -2.26. The van der Waals surface area contributed by atoms with Crippen molar-refractivity contribution in [3.05, 3.63) is 0 Å². The third-order valence-corrected chi connectivity index (χ3v) is 2.79. The van der Waals surface area contributed by atoms with Crippen molar-refractivity contribution in [3.63, 3.8) is 0 Å². The van der Waals surface area contributed by atoms with Crippen LogP contribution < -0.4 is 5.48 Å². The topological polar surface area (TPSA) is 49.3 Å². The van der Waals surface area contributed by atoms with Crippen molar-refractivity contribution in [2.45, 2.75) is 39.5 Å². The summed E-state index contributed by atoms with van der Waals surface area (Å²) in [6.45, 7) is 4.33. The van der Waals surface area contributed by atoms with Crippen molar-refractivity contribution in [2.75, 3.05) is 0 Å². The Hall–Kier alpha value is -0.570. The fraction of sp³-hybridized carbons (Fsp3) is 0.889. The van der Waals surface area contributed by atoms with Crippen LogP contribution in [0, 0.1) is 11.3 Å². The number of rotatable bonds is 2. The number of amides is 1. The van der Waals surface area contributed by atoms with Gasteiger partial charge in [-0.3, -0.25) is 10.0 Å². The van der Waals surface area contributed by atoms with Crippen LogP contribution in [0.15, 0.2) is 0 Å². The molecule has 3 nitrogen and oxygen atoms in total. The van der Waals surface area contributed by atoms with E-state index in [1.54, 1.807) is 5.48 Å². The molecule has 1 saturated carbocycles. The van der Waals surface area contributed by atoms with E-state index in [0.29, 0.717) is 6.42 Å². The van der Waals surface area contributed by atoms with Crippen LogP contribution in [-0.2, 0) is 4.79 Å². The molecule has 0 aliphatic heterocycles. The zero-order valence-electron chi connectivity index (χ0n) is 7.76. The first-order valence-corrected chi connectivity index (χ1v) is 4.49. The van der Waals surface area contributed by atoms with E-state index >= 15 is 0 Å². The first-order chi connectivity index (χ1) is 5.56. The summed E-state index contributed by atoms with van der Waals surface area (Å²) in [5.74, 6) is 0.466. The molecular formula is C9H17NO2. The summed E-state index contributed by atoms with van der Waals surface area (Å²) in [7, 11) is 0. The van der Waals surface area contributed by atoms with Crippen LogP contribution in [0.4, 0.5) is 0 Å². The summed E-state index contributed by atoms with van der Waals surface area (Å²) in [4.78, 5) is 10.9. The summed E-state index contributed by atoms with van der Waals surface area (Å²) in [6, 6.07) is 0. The molecule has 0 saturated heterocycles. The lowest BCUT2D eigenvalue weighted by atomic mass is 9.84. The van der Waals surface area contributed by atoms with Crippen molar-refractivity contribution < 1.29 is 10.0 Å². The fourth-order valence-electron chi connectivity index (χ4n) is 2.23. The minimum atomic E-state index is -0.258. The van der Waals surface area contributed by atoms with Crippen LogP contribution in [0.5, 0.6) is 0 Å². The first-order valence-electron chi connectivity index (χ1n) is 4.49. The largest absolute Gasteiger partial charge is 0.289 e. The Bertz CT molecular complexity index is 181. The first kappa shape index (κ1) is 9.52. The third kappa shape index (κ3) is 2.21. The van der Waals surface area contributed by atoms with Gasteiger partial charge in [-0.25, -0.2) is 5.48 Å². The van der Waals surface area contributed by atoms with E-state index in [4.69, 9.17) is 5.21 Å². The van der Waals surface area contributed by atoms with E-state index in [1.807, 2.05) is 0 Å². The molecule has 12 heavy (non-hydrogen) atoms. The Morgan fingerprint density at radius 3 is 2.83 bits per heavy atom. The highest BCUT2D eigenvalue weighted by atomic mass is 16.5. The van der Waals surface area contributed by atoms with Crippen LogP contribution >= 0.6 is 0 Å². The molecule has 0 bridgehead atoms. The normalized spacial score (nSPS) is 35.1. The van der Waals surface area contributed by atoms with Gasteiger partial charge in [-0.2, -0.15) is 0 Å². The average molecular weight is 171 g/mol. The molecule has 3 heteroatoms. The maximum atomic E-state index is 10.9. The van der Waals surface area contributed by atoms with Gasteiger partial charge < -0.3 is 0 Å². The second-order valence-electron chi connectivity index (χ2n) is 4.37. The van der Waals surface area contributed by atoms with Crippen LogP contribution in [0.3, 0.4) is 0 Å². The molecule has 0 aromatic carbocycles. The highest BCUT2D eigenvalue weighted by molar-refractivity contribution is 5.75. The van der Waals surface area contributed by atoms with Gasteiger partial charge in [0, 0.05) is 6.42 Å². The zero-order valence-corrected chi connectivity index (χ0v) is 7.76. The van der Waals surface area contributed by atoms with E-state index in [-0.39, 0.29) is 11.3 Å². The van der Waals surface area contributed by atoms with Crippen LogP contribution in [0.25, 0.3) is 0 Å². The minimum Gasteiger partial charge on any atom is -0.289 e. The van der Waals surface area contributed by atoms with Gasteiger partial charge in [0.05, 0.1) is 0 Å². The lowest BCUT2D eigenvalue weighted by molar-refractivity contribution is -0.131. The fourth-order valence-corrected chi connectivity index (χ4v) is 2.23. The summed E-state index contributed by atoms with van der Waals surface area (Å²) >= 11 is 0. The molecule has 1 rings (SSSR count). The van der Waals surface area contributed by atoms with Crippen molar-refractivity contribution in [1.82, 2.24) is 5.48 Å². The van der Waals surface area contributed by atoms with Crippen LogP contribution in [-0.4, -0.2) is 11.1 Å². The van der Waals surface area contributed by atoms with E-state index in [0.717, 1.165) is 18.8 Å². The molecule has 0 heterocycles. The monoisotopic (exact) mass is 171 g/mol. The second-order valence-corrected chi connectivity index (χ2v) is 4.37. The van der Waals surface area contributed by atoms with Crippen molar-refractivity contribution in [1.29, 1.82) is 0 Å². The number of hydrogen-bond donors (Lipinski definition) is 2. The molecule has 0 aromatic heterocycles. The Kier molecular flexibility index (Phi) is 2.73. The Morgan fingerprint density at radius 2 is 2.42 bits per heavy atom. The van der Waals surface area contributed by atoms with Gasteiger partial charge in [0.2, 0.25) is 5.91 Å². The SMILES string of the molecule is CC1CCC(C)(CC(=O)NO)C1. The standard InChI is InChI=1S/C9H17NO2/c1-7-3-4-9(2,5-7)6-8(11)10-12/h7,12H,3-6H2,1-2H3,(H,10,11). The van der Waals surface area contributed by atoms with Gasteiger partial charge in [-0.1, -0.05) is 20.3 Å². The highest BCUT2D eigenvalue weighted by Crippen LogP contribution is 2.43. The molecule has 2 unspecified atom stereocenters. The molecule has 70 valence electrons. The number of hydrogen-bond acceptors (Lipinski definition) is 2. The molecule has 1 amide bonds. The van der Waals surface area contributed by atoms with E-state index < -0.39 is 0 Å². The highest BCUT2D eigenvalue weighted by Gasteiger charge is 2.34. The Labute approximate surface area is 73.1 Å². The summed E-state index contributed by atoms with van der Waals surface area (Å²) < 4.78 is 0. The molecule has 2 N–H and O–H groups in total. The van der Waals surface area contributed by atoms with Crippen molar-refractivity contribution in [3.8, 4) is 0 Å². The number of hydroxylamine groups is 1. The van der Waals surface area contributed by atoms with E-state index in [9.17, 15) is 4.79 Å². The molecule has 0 radical (unpaired) electrons. The average Bonchev–Trinajstić information content (AvgIpc) is 2.30. The molecule has 1 aliphatic rings. The minimum absolute atomic E-state index is 0.117. The van der Waals surface area contributed by atoms with Gasteiger partial charge in [0.15, 0.2) is 0 Å². The number of carbonyl (C=O) groups is 1. The van der Waals surface area contributed by atoms with Crippen LogP contribution in [0.1, 0.15) is 39.5 Å². The molecule has 1 aliphatic carbocycles. The maximum Gasteiger partial charge on any atom is 0.243 e. The van der Waals surface area contributed by atoms with E-state index in [2.05, 4.69) is 13.8 Å². The lowest BCUT2D eigenvalue weighted by Gasteiger charge is -2.21. The second kappa shape index (κ2) is 3.44. The van der Waals surface area contributed by atoms with Gasteiger partial charge in [0.25, 0.3) is 0 Å². The van der Waals surface area contributed by atoms with Gasteiger partial charge in [-0.05, 0) is 24.2 Å². The van der Waals surface area contributed by atoms with Gasteiger partial charge in [-0.15, -0.1) is 0 Å². The Morgan fingerprint density at radius 1 is 1.75 bits per heavy atom. The molecule has 1 fully saturated rings. The summed E-state index contributed by atoms with van der Waals surface area (Å²) in [5.41, 5.74) is 1.81. The zero-order chi connectivity index (χ0) is 9.19. The third-order valence-electron chi connectivity index (χ3n) is 2.79. The smallest absolute Gasteiger partial charge is 0.243 e. The van der Waals surface area contributed by atoms with Crippen LogP contribution in [0.2, 0.25) is 0 Å². The molecular weight excluding hydrogens is 154 g/mol. The maximum absolute atomic E-state index is 10.9. The predicted molar refractivity (Wildman–Crippen MR) is 45.7 cm³/mol. The summed E-state index contributed by atoms with van der Waals surface area (Å²) in [5, 5.41) is 8.38.